The van der Waals surface area contributed by atoms with E-state index in [2.05, 4.69) is 16.0 Å². The molecule has 0 saturated carbocycles. The van der Waals surface area contributed by atoms with E-state index in [-0.39, 0.29) is 23.3 Å². The van der Waals surface area contributed by atoms with Crippen LogP contribution in [-0.4, -0.2) is 17.5 Å². The number of hydrogen-bond acceptors (Lipinski definition) is 6. The van der Waals surface area contributed by atoms with Gasteiger partial charge in [-0.15, -0.1) is 0 Å². The number of nitrogens with one attached hydrogen (secondary N) is 3. The van der Waals surface area contributed by atoms with Crippen LogP contribution in [0.5, 0.6) is 0 Å². The molecule has 166 valence electrons. The summed E-state index contributed by atoms with van der Waals surface area (Å²) in [4.78, 5) is 37.3. The molecule has 0 saturated heterocycles. The van der Waals surface area contributed by atoms with E-state index in [9.17, 15) is 14.4 Å². The summed E-state index contributed by atoms with van der Waals surface area (Å²) >= 11 is 6.41. The van der Waals surface area contributed by atoms with Gasteiger partial charge in [0.1, 0.15) is 22.9 Å². The highest BCUT2D eigenvalue weighted by Crippen LogP contribution is 2.37. The molecule has 8 heteroatoms. The van der Waals surface area contributed by atoms with E-state index in [0.717, 1.165) is 5.76 Å². The Kier molecular flexibility index (Phi) is 6.18. The number of hydrogen-bond donors (Lipinski definition) is 3. The van der Waals surface area contributed by atoms with Crippen LogP contribution < -0.4 is 26.8 Å². The number of furan rings is 1. The predicted molar refractivity (Wildman–Crippen MR) is 123 cm³/mol. The highest BCUT2D eigenvalue weighted by Gasteiger charge is 2.41. The molecule has 1 aromatic carbocycles. The average molecular weight is 446 g/mol. The smallest absolute Gasteiger partial charge is 0.253 e. The van der Waals surface area contributed by atoms with E-state index in [4.69, 9.17) is 16.0 Å². The maximum absolute atomic E-state index is 12.7. The first-order valence-corrected chi connectivity index (χ1v) is 10.7. The van der Waals surface area contributed by atoms with Crippen molar-refractivity contribution >= 4 is 28.9 Å². The zero-order valence-electron chi connectivity index (χ0n) is 18.6. The van der Waals surface area contributed by atoms with Gasteiger partial charge in [-0.1, -0.05) is 24.6 Å². The maximum atomic E-state index is 12.7. The quantitative estimate of drug-likeness (QED) is 0.533. The second kappa shape index (κ2) is 8.38. The molecule has 0 aliphatic carbocycles. The van der Waals surface area contributed by atoms with E-state index < -0.39 is 22.4 Å². The van der Waals surface area contributed by atoms with Crippen molar-refractivity contribution in [3.05, 3.63) is 66.4 Å². The number of halogens is 1. The van der Waals surface area contributed by atoms with Crippen LogP contribution in [0.2, 0.25) is 0 Å². The molecule has 0 spiro atoms. The van der Waals surface area contributed by atoms with Gasteiger partial charge < -0.3 is 20.4 Å². The van der Waals surface area contributed by atoms with Gasteiger partial charge in [0.2, 0.25) is 5.91 Å². The average Bonchev–Trinajstić information content (AvgIpc) is 3.25. The van der Waals surface area contributed by atoms with Crippen LogP contribution in [0, 0.1) is 6.92 Å². The predicted octanol–water partition coefficient (Wildman–Crippen LogP) is 3.90. The van der Waals surface area contributed by atoms with E-state index in [0.29, 0.717) is 28.4 Å². The lowest BCUT2D eigenvalue weighted by atomic mass is 9.91. The summed E-state index contributed by atoms with van der Waals surface area (Å²) in [5.74, 6) is 1.20. The Morgan fingerprint density at radius 2 is 1.81 bits per heavy atom. The van der Waals surface area contributed by atoms with Crippen molar-refractivity contribution in [2.45, 2.75) is 65.6 Å². The summed E-state index contributed by atoms with van der Waals surface area (Å²) < 4.78 is 5.67. The Bertz CT molecular complexity index is 1150. The summed E-state index contributed by atoms with van der Waals surface area (Å²) in [6, 6.07) is 2.90. The third-order valence-electron chi connectivity index (χ3n) is 5.59. The minimum absolute atomic E-state index is 0.167. The maximum Gasteiger partial charge on any atom is 0.253 e. The van der Waals surface area contributed by atoms with Crippen LogP contribution >= 0.6 is 11.6 Å². The number of aryl methyl sites for hydroxylation is 1. The molecule has 7 nitrogen and oxygen atoms in total. The summed E-state index contributed by atoms with van der Waals surface area (Å²) in [6.45, 7) is 11.1. The topological polar surface area (TPSA) is 100 Å². The van der Waals surface area contributed by atoms with Crippen LogP contribution in [0.1, 0.15) is 58.6 Å². The van der Waals surface area contributed by atoms with Gasteiger partial charge in [-0.3, -0.25) is 14.4 Å². The van der Waals surface area contributed by atoms with E-state index in [1.165, 1.54) is 0 Å². The summed E-state index contributed by atoms with van der Waals surface area (Å²) in [5.41, 5.74) is -0.362. The Hall–Kier alpha value is -2.80. The first-order valence-electron chi connectivity index (χ1n) is 10.3. The lowest BCUT2D eigenvalue weighted by Crippen LogP contribution is -2.41. The second-order valence-corrected chi connectivity index (χ2v) is 8.74. The zero-order valence-corrected chi connectivity index (χ0v) is 19.4. The van der Waals surface area contributed by atoms with Gasteiger partial charge in [0, 0.05) is 16.2 Å². The molecule has 1 unspecified atom stereocenters. The lowest BCUT2D eigenvalue weighted by molar-refractivity contribution is -0.117. The van der Waals surface area contributed by atoms with E-state index in [1.54, 1.807) is 19.9 Å². The Morgan fingerprint density at radius 1 is 1.19 bits per heavy atom. The van der Waals surface area contributed by atoms with Crippen molar-refractivity contribution in [2.75, 3.05) is 10.6 Å². The highest BCUT2D eigenvalue weighted by atomic mass is 35.5. The Balaban J connectivity index is 1.92. The number of rotatable bonds is 8. The van der Waals surface area contributed by atoms with Crippen molar-refractivity contribution < 1.29 is 9.21 Å². The normalized spacial score (nSPS) is 18.3. The number of carbonyl (C=O) groups is 1. The summed E-state index contributed by atoms with van der Waals surface area (Å²) in [7, 11) is 0. The summed E-state index contributed by atoms with van der Waals surface area (Å²) in [6.07, 6.45) is 2.39. The molecular formula is C23H28ClN3O4. The van der Waals surface area contributed by atoms with Crippen LogP contribution in [0.25, 0.3) is 0 Å². The molecule has 1 amide bonds. The molecule has 0 radical (unpaired) electrons. The lowest BCUT2D eigenvalue weighted by Gasteiger charge is -2.24. The number of carbonyl (C=O) groups excluding carboxylic acids is 1. The van der Waals surface area contributed by atoms with Crippen molar-refractivity contribution in [2.24, 2.45) is 0 Å². The van der Waals surface area contributed by atoms with Gasteiger partial charge in [0.25, 0.3) is 10.9 Å². The molecule has 1 aliphatic heterocycles. The van der Waals surface area contributed by atoms with Gasteiger partial charge in [0.05, 0.1) is 17.6 Å². The van der Waals surface area contributed by atoms with Crippen molar-refractivity contribution in [1.82, 2.24) is 5.32 Å². The van der Waals surface area contributed by atoms with Crippen molar-refractivity contribution in [3.63, 3.8) is 0 Å². The highest BCUT2D eigenvalue weighted by molar-refractivity contribution is 6.33. The van der Waals surface area contributed by atoms with Crippen LogP contribution in [0.15, 0.2) is 48.4 Å². The molecule has 3 N–H and O–H groups in total. The third kappa shape index (κ3) is 4.06. The molecule has 3 rings (SSSR count). The summed E-state index contributed by atoms with van der Waals surface area (Å²) in [5, 5.41) is 9.58. The largest absolute Gasteiger partial charge is 0.464 e. The van der Waals surface area contributed by atoms with Crippen LogP contribution in [0.4, 0.5) is 11.4 Å². The van der Waals surface area contributed by atoms with E-state index in [1.807, 2.05) is 39.8 Å². The first-order chi connectivity index (χ1) is 14.5. The number of allylic oxidation sites excluding steroid dienone is 1. The minimum Gasteiger partial charge on any atom is -0.464 e. The van der Waals surface area contributed by atoms with Crippen LogP contribution in [-0.2, 0) is 4.79 Å². The Labute approximate surface area is 186 Å². The molecule has 1 aliphatic rings. The molecule has 0 fully saturated rings. The first kappa shape index (κ1) is 22.9. The fraction of sp³-hybridized carbons (Fsp3) is 0.435. The third-order valence-corrected chi connectivity index (χ3v) is 6.00. The molecule has 31 heavy (non-hydrogen) atoms. The molecule has 2 atom stereocenters. The number of amides is 1. The fourth-order valence-corrected chi connectivity index (χ4v) is 4.33. The van der Waals surface area contributed by atoms with Crippen LogP contribution in [0.3, 0.4) is 0 Å². The monoisotopic (exact) mass is 445 g/mol. The zero-order chi connectivity index (χ0) is 23.1. The minimum atomic E-state index is -0.648. The SMILES string of the molecule is C/C=C(/Cl)C1=C(C(C)Nc2c(N[C@H](CC)c3ccc(C)o3)c(=O)c2=O)C(=O)NC1(C)C. The van der Waals surface area contributed by atoms with Gasteiger partial charge in [-0.05, 0) is 53.2 Å². The van der Waals surface area contributed by atoms with Crippen molar-refractivity contribution in [1.29, 1.82) is 0 Å². The number of anilines is 2. The van der Waals surface area contributed by atoms with Gasteiger partial charge >= 0.3 is 0 Å². The molecular weight excluding hydrogens is 418 g/mol. The molecule has 0 bridgehead atoms. The van der Waals surface area contributed by atoms with Gasteiger partial charge in [-0.2, -0.15) is 0 Å². The fourth-order valence-electron chi connectivity index (χ4n) is 3.99. The van der Waals surface area contributed by atoms with E-state index >= 15 is 0 Å². The standard InChI is InChI=1S/C23H28ClN3O4/c1-7-13(24)17-16(22(30)27-23(17,5)6)12(4)25-18-19(21(29)20(18)28)26-14(8-2)15-10-9-11(3)31-15/h7,9-10,12,14,25-26H,8H2,1-6H3,(H,27,30)/b13-7+/t12?,14-/m1/s1. The molecule has 1 aromatic heterocycles. The second-order valence-electron chi connectivity index (χ2n) is 8.33. The van der Waals surface area contributed by atoms with Gasteiger partial charge in [0.15, 0.2) is 0 Å². The van der Waals surface area contributed by atoms with Crippen molar-refractivity contribution in [3.8, 4) is 0 Å². The van der Waals surface area contributed by atoms with Gasteiger partial charge in [-0.25, -0.2) is 0 Å². The molecule has 2 aromatic rings. The Morgan fingerprint density at radius 3 is 2.32 bits per heavy atom. The molecule has 2 heterocycles.